The van der Waals surface area contributed by atoms with E-state index >= 15 is 0 Å². The van der Waals surface area contributed by atoms with Gasteiger partial charge in [-0.15, -0.1) is 0 Å². The lowest BCUT2D eigenvalue weighted by Gasteiger charge is -2.26. The van der Waals surface area contributed by atoms with Gasteiger partial charge in [0.15, 0.2) is 0 Å². The zero-order valence-corrected chi connectivity index (χ0v) is 29.1. The van der Waals surface area contributed by atoms with Crippen LogP contribution in [0.4, 0.5) is 17.2 Å². The molecule has 49 heavy (non-hydrogen) atoms. The van der Waals surface area contributed by atoms with E-state index in [-0.39, 0.29) is 0 Å². The molecule has 7 aromatic carbocycles. The normalized spacial score (nSPS) is 11.6. The Bertz CT molecular complexity index is 2340. The van der Waals surface area contributed by atoms with Crippen molar-refractivity contribution in [1.82, 2.24) is 4.98 Å². The first-order chi connectivity index (χ1) is 24.0. The van der Waals surface area contributed by atoms with Gasteiger partial charge in [0.1, 0.15) is 13.9 Å². The number of benzene rings is 7. The second kappa shape index (κ2) is 12.7. The molecule has 0 atom stereocenters. The van der Waals surface area contributed by atoms with Crippen molar-refractivity contribution in [2.45, 2.75) is 19.6 Å². The van der Waals surface area contributed by atoms with Crippen LogP contribution in [0.2, 0.25) is 19.6 Å². The van der Waals surface area contributed by atoms with Crippen molar-refractivity contribution in [2.24, 2.45) is 0 Å². The zero-order valence-electron chi connectivity index (χ0n) is 28.1. The van der Waals surface area contributed by atoms with E-state index in [4.69, 9.17) is 4.98 Å². The van der Waals surface area contributed by atoms with Crippen LogP contribution in [0.25, 0.3) is 54.9 Å². The van der Waals surface area contributed by atoms with E-state index < -0.39 is 8.07 Å². The molecule has 1 aromatic heterocycles. The maximum atomic E-state index is 5.21. The molecule has 0 spiro atoms. The highest BCUT2D eigenvalue weighted by molar-refractivity contribution is 6.88. The molecule has 1 heterocycles. The van der Waals surface area contributed by atoms with Crippen molar-refractivity contribution in [3.8, 4) is 33.4 Å². The number of rotatable bonds is 7. The lowest BCUT2D eigenvalue weighted by atomic mass is 9.85. The van der Waals surface area contributed by atoms with Gasteiger partial charge in [0.05, 0.1) is 0 Å². The summed E-state index contributed by atoms with van der Waals surface area (Å²) in [6.45, 7) is 7.04. The summed E-state index contributed by atoms with van der Waals surface area (Å²) in [4.78, 5) is 7.48. The van der Waals surface area contributed by atoms with Crippen molar-refractivity contribution < 1.29 is 0 Å². The topological polar surface area (TPSA) is 16.1 Å². The van der Waals surface area contributed by atoms with Gasteiger partial charge in [0.25, 0.3) is 0 Å². The first kappa shape index (κ1) is 30.6. The van der Waals surface area contributed by atoms with Gasteiger partial charge in [0, 0.05) is 16.7 Å². The molecular weight excluding hydrogens is 609 g/mol. The molecule has 0 bridgehead atoms. The van der Waals surface area contributed by atoms with E-state index in [1.54, 1.807) is 0 Å². The van der Waals surface area contributed by atoms with E-state index in [0.717, 1.165) is 17.2 Å². The molecule has 0 N–H and O–H groups in total. The average Bonchev–Trinajstić information content (AvgIpc) is 3.15. The molecule has 0 radical (unpaired) electrons. The summed E-state index contributed by atoms with van der Waals surface area (Å²) in [5, 5.41) is 6.22. The Morgan fingerprint density at radius 1 is 0.367 bits per heavy atom. The molecule has 0 aliphatic heterocycles. The summed E-state index contributed by atoms with van der Waals surface area (Å²) >= 11 is 0. The summed E-state index contributed by atoms with van der Waals surface area (Å²) in [6, 6.07) is 63.4. The molecule has 0 saturated heterocycles. The average molecular weight is 647 g/mol. The zero-order chi connectivity index (χ0) is 33.4. The van der Waals surface area contributed by atoms with Crippen LogP contribution >= 0.6 is 0 Å². The molecular formula is C46H38N2Si. The van der Waals surface area contributed by atoms with Crippen molar-refractivity contribution >= 4 is 52.1 Å². The Balaban J connectivity index is 1.26. The summed E-state index contributed by atoms with van der Waals surface area (Å²) in [7, 11) is -1.60. The molecule has 236 valence electrons. The van der Waals surface area contributed by atoms with Crippen LogP contribution in [0.5, 0.6) is 0 Å². The maximum absolute atomic E-state index is 5.21. The minimum absolute atomic E-state index is 0.942. The SMILES string of the molecule is C[Si](C)(C)c1cccc(N(c2ccccc2)c2ccc(-c3c4ccccc4c(-c4ccc(-c5ccccc5)cc4)c4ccccc34)cc2)n1. The Labute approximate surface area is 290 Å². The number of hydrogen-bond donors (Lipinski definition) is 0. The third-order valence-corrected chi connectivity index (χ3v) is 11.2. The standard InChI is InChI=1S/C46H38N2Si/c1-49(2,3)44-24-14-23-43(47-44)48(37-17-8-5-9-18-37)38-31-29-36(30-32-38)46-41-21-12-10-19-39(41)45(40-20-11-13-22-42(40)46)35-27-25-34(26-28-35)33-15-6-4-7-16-33/h4-32H,1-3H3. The maximum Gasteiger partial charge on any atom is 0.137 e. The fraction of sp³-hybridized carbons (Fsp3) is 0.0652. The summed E-state index contributed by atoms with van der Waals surface area (Å²) < 4.78 is 0. The molecule has 0 fully saturated rings. The highest BCUT2D eigenvalue weighted by Crippen LogP contribution is 2.44. The van der Waals surface area contributed by atoms with E-state index in [1.165, 1.54) is 60.2 Å². The number of nitrogens with zero attached hydrogens (tertiary/aromatic N) is 2. The predicted octanol–water partition coefficient (Wildman–Crippen LogP) is 12.4. The molecule has 0 aliphatic carbocycles. The predicted molar refractivity (Wildman–Crippen MR) is 213 cm³/mol. The Kier molecular flexibility index (Phi) is 7.91. The van der Waals surface area contributed by atoms with Crippen LogP contribution < -0.4 is 10.2 Å². The van der Waals surface area contributed by atoms with E-state index in [0.29, 0.717) is 0 Å². The fourth-order valence-electron chi connectivity index (χ4n) is 6.94. The lowest BCUT2D eigenvalue weighted by molar-refractivity contribution is 1.19. The van der Waals surface area contributed by atoms with Gasteiger partial charge in [-0.05, 0) is 91.3 Å². The lowest BCUT2D eigenvalue weighted by Crippen LogP contribution is -2.40. The number of fused-ring (bicyclic) bond motifs is 2. The molecule has 8 aromatic rings. The van der Waals surface area contributed by atoms with Crippen LogP contribution in [0, 0.1) is 0 Å². The number of para-hydroxylation sites is 1. The molecule has 0 aliphatic rings. The van der Waals surface area contributed by atoms with Gasteiger partial charge in [-0.3, -0.25) is 4.90 Å². The van der Waals surface area contributed by atoms with E-state index in [9.17, 15) is 0 Å². The monoisotopic (exact) mass is 646 g/mol. The number of aromatic nitrogens is 1. The minimum atomic E-state index is -1.60. The van der Waals surface area contributed by atoms with Gasteiger partial charge in [-0.1, -0.05) is 159 Å². The van der Waals surface area contributed by atoms with Gasteiger partial charge in [-0.25, -0.2) is 4.98 Å². The van der Waals surface area contributed by atoms with Gasteiger partial charge >= 0.3 is 0 Å². The third-order valence-electron chi connectivity index (χ3n) is 9.37. The molecule has 0 amide bonds. The van der Waals surface area contributed by atoms with Crippen LogP contribution in [-0.4, -0.2) is 13.1 Å². The first-order valence-corrected chi connectivity index (χ1v) is 20.5. The van der Waals surface area contributed by atoms with Crippen LogP contribution in [0.3, 0.4) is 0 Å². The Morgan fingerprint density at radius 2 is 0.776 bits per heavy atom. The second-order valence-electron chi connectivity index (χ2n) is 13.6. The third kappa shape index (κ3) is 5.83. The van der Waals surface area contributed by atoms with Crippen molar-refractivity contribution in [3.63, 3.8) is 0 Å². The quantitative estimate of drug-likeness (QED) is 0.127. The van der Waals surface area contributed by atoms with Gasteiger partial charge in [0.2, 0.25) is 0 Å². The molecule has 2 nitrogen and oxygen atoms in total. The van der Waals surface area contributed by atoms with E-state index in [2.05, 4.69) is 200 Å². The molecule has 0 unspecified atom stereocenters. The summed E-state index contributed by atoms with van der Waals surface area (Å²) in [6.07, 6.45) is 0. The largest absolute Gasteiger partial charge is 0.295 e. The summed E-state index contributed by atoms with van der Waals surface area (Å²) in [5.74, 6) is 0.942. The van der Waals surface area contributed by atoms with Gasteiger partial charge < -0.3 is 0 Å². The van der Waals surface area contributed by atoms with Crippen molar-refractivity contribution in [2.75, 3.05) is 4.90 Å². The smallest absolute Gasteiger partial charge is 0.137 e. The minimum Gasteiger partial charge on any atom is -0.295 e. The van der Waals surface area contributed by atoms with Crippen LogP contribution in [0.15, 0.2) is 176 Å². The van der Waals surface area contributed by atoms with Crippen LogP contribution in [0.1, 0.15) is 0 Å². The van der Waals surface area contributed by atoms with Gasteiger partial charge in [-0.2, -0.15) is 0 Å². The number of pyridine rings is 1. The van der Waals surface area contributed by atoms with E-state index in [1.807, 2.05) is 0 Å². The Morgan fingerprint density at radius 3 is 1.29 bits per heavy atom. The molecule has 8 rings (SSSR count). The second-order valence-corrected chi connectivity index (χ2v) is 18.6. The number of anilines is 3. The number of hydrogen-bond acceptors (Lipinski definition) is 2. The molecule has 3 heteroatoms. The van der Waals surface area contributed by atoms with Crippen LogP contribution in [-0.2, 0) is 0 Å². The first-order valence-electron chi connectivity index (χ1n) is 17.0. The highest BCUT2D eigenvalue weighted by Gasteiger charge is 2.22. The Hall–Kier alpha value is -5.77. The van der Waals surface area contributed by atoms with Crippen molar-refractivity contribution in [3.05, 3.63) is 176 Å². The highest BCUT2D eigenvalue weighted by atomic mass is 28.3. The molecule has 0 saturated carbocycles. The fourth-order valence-corrected chi connectivity index (χ4v) is 7.99. The summed E-state index contributed by atoms with van der Waals surface area (Å²) in [5.41, 5.74) is 9.57. The van der Waals surface area contributed by atoms with Crippen molar-refractivity contribution in [1.29, 1.82) is 0 Å².